The molecule has 0 aliphatic heterocycles. The van der Waals surface area contributed by atoms with Gasteiger partial charge in [0.25, 0.3) is 0 Å². The van der Waals surface area contributed by atoms with Crippen molar-refractivity contribution in [2.45, 2.75) is 15.7 Å². The van der Waals surface area contributed by atoms with Gasteiger partial charge in [0.05, 0.1) is 19.2 Å². The van der Waals surface area contributed by atoms with Crippen LogP contribution in [0.5, 0.6) is 5.88 Å². The zero-order chi connectivity index (χ0) is 16.8. The summed E-state index contributed by atoms with van der Waals surface area (Å²) in [4.78, 5) is 12.3. The Labute approximate surface area is 142 Å². The highest BCUT2D eigenvalue weighted by molar-refractivity contribution is 7.99. The number of methoxy groups -OCH3 is 1. The van der Waals surface area contributed by atoms with Gasteiger partial charge in [-0.2, -0.15) is 5.26 Å². The maximum atomic E-state index is 9.42. The van der Waals surface area contributed by atoms with Crippen molar-refractivity contribution in [3.8, 4) is 11.9 Å². The van der Waals surface area contributed by atoms with Gasteiger partial charge in [0.15, 0.2) is 0 Å². The first kappa shape index (κ1) is 16.9. The van der Waals surface area contributed by atoms with Crippen LogP contribution in [0.15, 0.2) is 28.3 Å². The number of aromatic nitrogens is 2. The van der Waals surface area contributed by atoms with Crippen LogP contribution in [0.2, 0.25) is 0 Å². The zero-order valence-electron chi connectivity index (χ0n) is 12.5. The fraction of sp³-hybridized carbons (Fsp3) is 0.200. The van der Waals surface area contributed by atoms with E-state index >= 15 is 0 Å². The lowest BCUT2D eigenvalue weighted by atomic mass is 10.2. The van der Waals surface area contributed by atoms with Crippen LogP contribution in [0, 0.1) is 17.9 Å². The number of nitrogens with zero attached hydrogens (tertiary/aromatic N) is 4. The van der Waals surface area contributed by atoms with E-state index in [1.165, 1.54) is 23.5 Å². The number of pyridine rings is 2. The minimum atomic E-state index is 0.152. The van der Waals surface area contributed by atoms with Gasteiger partial charge in [-0.05, 0) is 11.8 Å². The molecule has 0 fully saturated rings. The third-order valence-corrected chi connectivity index (χ3v) is 4.78. The maximum Gasteiger partial charge on any atom is 0.242 e. The molecule has 0 spiro atoms. The van der Waals surface area contributed by atoms with Crippen LogP contribution in [0.25, 0.3) is 4.85 Å². The van der Waals surface area contributed by atoms with E-state index < -0.39 is 0 Å². The third-order valence-electron chi connectivity index (χ3n) is 2.93. The smallest absolute Gasteiger partial charge is 0.242 e. The number of nitriles is 1. The zero-order valence-corrected chi connectivity index (χ0v) is 14.2. The van der Waals surface area contributed by atoms with Gasteiger partial charge >= 0.3 is 0 Å². The molecule has 0 aliphatic carbocycles. The summed E-state index contributed by atoms with van der Waals surface area (Å²) in [5.41, 5.74) is 7.45. The first-order valence-corrected chi connectivity index (χ1v) is 8.62. The van der Waals surface area contributed by atoms with Crippen LogP contribution in [-0.4, -0.2) is 23.3 Å². The molecule has 0 aromatic carbocycles. The van der Waals surface area contributed by atoms with E-state index in [4.69, 9.17) is 17.0 Å². The Morgan fingerprint density at radius 3 is 2.78 bits per heavy atom. The molecular formula is C15H13N5OS2. The number of thioether (sulfide) groups is 2. The van der Waals surface area contributed by atoms with Gasteiger partial charge in [0.1, 0.15) is 16.9 Å². The van der Waals surface area contributed by atoms with Crippen LogP contribution in [0.3, 0.4) is 0 Å². The molecule has 2 rings (SSSR count). The minimum Gasteiger partial charge on any atom is -0.481 e. The average molecular weight is 343 g/mol. The molecule has 0 aliphatic rings. The Balaban J connectivity index is 2.31. The Hall–Kier alpha value is -2.42. The van der Waals surface area contributed by atoms with E-state index in [0.29, 0.717) is 27.1 Å². The fourth-order valence-corrected chi connectivity index (χ4v) is 3.51. The standard InChI is InChI=1S/C15H13N5OS2/c1-18-12-13(22-3)10(6-16)15(20-14(12)17)23-8-9-4-5-11(21-2)19-7-9/h4-5,7H,8H2,2-3H3,(H2,17,20). The summed E-state index contributed by atoms with van der Waals surface area (Å²) in [6.45, 7) is 7.20. The van der Waals surface area contributed by atoms with Crippen molar-refractivity contribution >= 4 is 35.0 Å². The summed E-state index contributed by atoms with van der Waals surface area (Å²) in [5.74, 6) is 1.28. The van der Waals surface area contributed by atoms with E-state index in [-0.39, 0.29) is 11.5 Å². The molecule has 2 N–H and O–H groups in total. The van der Waals surface area contributed by atoms with Crippen LogP contribution in [-0.2, 0) is 5.75 Å². The number of nitrogen functional groups attached to an aromatic ring is 1. The molecule has 116 valence electrons. The molecule has 0 bridgehead atoms. The monoisotopic (exact) mass is 343 g/mol. The van der Waals surface area contributed by atoms with Crippen molar-refractivity contribution in [1.29, 1.82) is 5.26 Å². The van der Waals surface area contributed by atoms with Gasteiger partial charge in [-0.3, -0.25) is 0 Å². The number of ether oxygens (including phenoxy) is 1. The summed E-state index contributed by atoms with van der Waals surface area (Å²) in [6, 6.07) is 5.81. The molecule has 0 saturated heterocycles. The lowest BCUT2D eigenvalue weighted by Crippen LogP contribution is -1.98. The number of rotatable bonds is 5. The van der Waals surface area contributed by atoms with E-state index in [0.717, 1.165) is 5.56 Å². The first-order chi connectivity index (χ1) is 11.1. The topological polar surface area (TPSA) is 89.2 Å². The van der Waals surface area contributed by atoms with Crippen molar-refractivity contribution in [1.82, 2.24) is 9.97 Å². The molecule has 2 aromatic heterocycles. The number of hydrogen-bond acceptors (Lipinski definition) is 7. The summed E-state index contributed by atoms with van der Waals surface area (Å²) in [5, 5.41) is 9.94. The largest absolute Gasteiger partial charge is 0.481 e. The molecule has 2 heterocycles. The van der Waals surface area contributed by atoms with Crippen LogP contribution >= 0.6 is 23.5 Å². The summed E-state index contributed by atoms with van der Waals surface area (Å²) >= 11 is 2.72. The second kappa shape index (κ2) is 7.73. The Kier molecular flexibility index (Phi) is 5.69. The second-order valence-corrected chi connectivity index (χ2v) is 6.06. The third kappa shape index (κ3) is 3.67. The van der Waals surface area contributed by atoms with Gasteiger partial charge in [-0.25, -0.2) is 14.8 Å². The highest BCUT2D eigenvalue weighted by Crippen LogP contribution is 2.40. The quantitative estimate of drug-likeness (QED) is 0.656. The van der Waals surface area contributed by atoms with E-state index in [2.05, 4.69) is 20.9 Å². The van der Waals surface area contributed by atoms with Gasteiger partial charge in [0.2, 0.25) is 11.6 Å². The SMILES string of the molecule is [C-]#[N+]c1c(N)nc(SCc2ccc(OC)nc2)c(C#N)c1SC. The molecule has 0 atom stereocenters. The lowest BCUT2D eigenvalue weighted by Gasteiger charge is -2.11. The van der Waals surface area contributed by atoms with Crippen molar-refractivity contribution in [2.24, 2.45) is 0 Å². The normalized spacial score (nSPS) is 9.91. The summed E-state index contributed by atoms with van der Waals surface area (Å²) in [6.07, 6.45) is 3.52. The van der Waals surface area contributed by atoms with Crippen LogP contribution < -0.4 is 10.5 Å². The molecule has 23 heavy (non-hydrogen) atoms. The van der Waals surface area contributed by atoms with Crippen molar-refractivity contribution in [3.63, 3.8) is 0 Å². The molecule has 0 amide bonds. The van der Waals surface area contributed by atoms with Crippen molar-refractivity contribution in [3.05, 3.63) is 40.9 Å². The van der Waals surface area contributed by atoms with Crippen LogP contribution in [0.1, 0.15) is 11.1 Å². The van der Waals surface area contributed by atoms with Crippen molar-refractivity contribution < 1.29 is 4.74 Å². The number of nitrogens with two attached hydrogens (primary N) is 1. The average Bonchev–Trinajstić information content (AvgIpc) is 2.59. The minimum absolute atomic E-state index is 0.152. The summed E-state index contributed by atoms with van der Waals surface area (Å²) < 4.78 is 5.02. The molecule has 0 radical (unpaired) electrons. The van der Waals surface area contributed by atoms with Gasteiger partial charge < -0.3 is 10.5 Å². The predicted octanol–water partition coefficient (Wildman–Crippen LogP) is 3.50. The van der Waals surface area contributed by atoms with Gasteiger partial charge in [0, 0.05) is 22.9 Å². The fourth-order valence-electron chi connectivity index (χ4n) is 1.83. The summed E-state index contributed by atoms with van der Waals surface area (Å²) in [7, 11) is 1.56. The van der Waals surface area contributed by atoms with Gasteiger partial charge in [-0.15, -0.1) is 23.5 Å². The van der Waals surface area contributed by atoms with E-state index in [9.17, 15) is 5.26 Å². The Bertz CT molecular complexity index is 793. The molecule has 2 aromatic rings. The number of anilines is 1. The first-order valence-electron chi connectivity index (χ1n) is 6.41. The maximum absolute atomic E-state index is 9.42. The Morgan fingerprint density at radius 1 is 1.48 bits per heavy atom. The second-order valence-electron chi connectivity index (χ2n) is 4.28. The van der Waals surface area contributed by atoms with Crippen LogP contribution in [0.4, 0.5) is 11.5 Å². The molecule has 0 unspecified atom stereocenters. The molecular weight excluding hydrogens is 330 g/mol. The van der Waals surface area contributed by atoms with Crippen molar-refractivity contribution in [2.75, 3.05) is 19.1 Å². The number of hydrogen-bond donors (Lipinski definition) is 1. The molecule has 0 saturated carbocycles. The lowest BCUT2D eigenvalue weighted by molar-refractivity contribution is 0.397. The highest BCUT2D eigenvalue weighted by atomic mass is 32.2. The Morgan fingerprint density at radius 2 is 2.26 bits per heavy atom. The molecule has 6 nitrogen and oxygen atoms in total. The van der Waals surface area contributed by atoms with E-state index in [1.807, 2.05) is 12.3 Å². The van der Waals surface area contributed by atoms with E-state index in [1.54, 1.807) is 19.4 Å². The highest BCUT2D eigenvalue weighted by Gasteiger charge is 2.18. The van der Waals surface area contributed by atoms with Gasteiger partial charge in [-0.1, -0.05) is 6.07 Å². The predicted molar refractivity (Wildman–Crippen MR) is 91.8 cm³/mol. The molecule has 8 heteroatoms.